The van der Waals surface area contributed by atoms with Gasteiger partial charge in [0.1, 0.15) is 0 Å². The van der Waals surface area contributed by atoms with Gasteiger partial charge >= 0.3 is 0 Å². The fraction of sp³-hybridized carbons (Fsp3) is 0. The van der Waals surface area contributed by atoms with E-state index in [2.05, 4.69) is 84.9 Å². The Bertz CT molecular complexity index is 2470. The van der Waals surface area contributed by atoms with Crippen molar-refractivity contribution in [2.75, 3.05) is 0 Å². The summed E-state index contributed by atoms with van der Waals surface area (Å²) in [6, 6.07) is 44.0. The molecule has 0 saturated heterocycles. The zero-order chi connectivity index (χ0) is 30.8. The zero-order valence-corrected chi connectivity index (χ0v) is 25.9. The number of phenols is 4. The molecular formula is C40H25IO4. The van der Waals surface area contributed by atoms with Gasteiger partial charge in [0.25, 0.3) is 0 Å². The van der Waals surface area contributed by atoms with Gasteiger partial charge in [0.2, 0.25) is 11.5 Å². The van der Waals surface area contributed by atoms with Crippen LogP contribution in [0.3, 0.4) is 0 Å². The lowest BCUT2D eigenvalue weighted by atomic mass is 9.84. The van der Waals surface area contributed by atoms with Gasteiger partial charge in [-0.3, -0.25) is 0 Å². The van der Waals surface area contributed by atoms with Gasteiger partial charge in [0, 0.05) is 5.56 Å². The van der Waals surface area contributed by atoms with Crippen molar-refractivity contribution in [3.63, 3.8) is 0 Å². The Morgan fingerprint density at radius 2 is 0.756 bits per heavy atom. The molecule has 0 unspecified atom stereocenters. The van der Waals surface area contributed by atoms with Crippen molar-refractivity contribution >= 4 is 65.7 Å². The molecule has 0 spiro atoms. The van der Waals surface area contributed by atoms with Crippen LogP contribution in [0.4, 0.5) is 0 Å². The first-order valence-corrected chi connectivity index (χ1v) is 15.6. The molecule has 5 heteroatoms. The second-order valence-corrected chi connectivity index (χ2v) is 12.3. The van der Waals surface area contributed by atoms with Crippen LogP contribution in [0.5, 0.6) is 23.0 Å². The van der Waals surface area contributed by atoms with Crippen molar-refractivity contribution < 1.29 is 20.4 Å². The van der Waals surface area contributed by atoms with E-state index < -0.39 is 23.0 Å². The minimum Gasteiger partial charge on any atom is -0.504 e. The number of fused-ring (bicyclic) bond motifs is 4. The Balaban J connectivity index is 1.53. The Morgan fingerprint density at radius 3 is 1.33 bits per heavy atom. The van der Waals surface area contributed by atoms with Crippen LogP contribution in [-0.4, -0.2) is 20.4 Å². The first kappa shape index (κ1) is 27.3. The molecule has 0 heterocycles. The van der Waals surface area contributed by atoms with Crippen LogP contribution < -0.4 is 0 Å². The summed E-state index contributed by atoms with van der Waals surface area (Å²) >= 11 is 1.89. The van der Waals surface area contributed by atoms with Crippen LogP contribution in [0, 0.1) is 3.57 Å². The van der Waals surface area contributed by atoms with Crippen molar-refractivity contribution in [2.24, 2.45) is 0 Å². The van der Waals surface area contributed by atoms with Crippen molar-refractivity contribution in [1.29, 1.82) is 0 Å². The van der Waals surface area contributed by atoms with E-state index in [1.165, 1.54) is 5.39 Å². The lowest BCUT2D eigenvalue weighted by Crippen LogP contribution is -1.93. The minimum absolute atomic E-state index is 0.238. The number of phenolic OH excluding ortho intramolecular Hbond substituents is 4. The highest BCUT2D eigenvalue weighted by Crippen LogP contribution is 2.53. The van der Waals surface area contributed by atoms with E-state index >= 15 is 0 Å². The lowest BCUT2D eigenvalue weighted by molar-refractivity contribution is 0.345. The summed E-state index contributed by atoms with van der Waals surface area (Å²) in [4.78, 5) is 0. The predicted octanol–water partition coefficient (Wildman–Crippen LogP) is 10.7. The zero-order valence-electron chi connectivity index (χ0n) is 23.8. The maximum atomic E-state index is 11.0. The Labute approximate surface area is 272 Å². The summed E-state index contributed by atoms with van der Waals surface area (Å²) in [5, 5.41) is 51.0. The summed E-state index contributed by atoms with van der Waals surface area (Å²) in [5.74, 6) is -2.47. The fourth-order valence-corrected chi connectivity index (χ4v) is 7.40. The maximum absolute atomic E-state index is 11.0. The van der Waals surface area contributed by atoms with Gasteiger partial charge in [-0.2, -0.15) is 0 Å². The first-order chi connectivity index (χ1) is 21.9. The third-order valence-electron chi connectivity index (χ3n) is 8.73. The number of halogens is 1. The molecule has 8 aromatic carbocycles. The first-order valence-electron chi connectivity index (χ1n) is 14.5. The van der Waals surface area contributed by atoms with Gasteiger partial charge in [-0.1, -0.05) is 109 Å². The SMILES string of the molecule is Oc1c(O)c(O)c(-c2ccc3c(-c4ccc5ccccc5c4)c4ccccc4c(-c4ccc5ccccc5c4)c3c2)c(I)c1O. The third-order valence-corrected chi connectivity index (χ3v) is 9.78. The Hall–Kier alpha value is -5.27. The molecule has 0 radical (unpaired) electrons. The normalized spacial score (nSPS) is 11.6. The molecule has 0 bridgehead atoms. The van der Waals surface area contributed by atoms with E-state index in [1.54, 1.807) is 0 Å². The molecule has 45 heavy (non-hydrogen) atoms. The maximum Gasteiger partial charge on any atom is 0.205 e. The van der Waals surface area contributed by atoms with Crippen molar-refractivity contribution in [1.82, 2.24) is 0 Å². The van der Waals surface area contributed by atoms with Crippen molar-refractivity contribution in [3.8, 4) is 56.4 Å². The monoisotopic (exact) mass is 696 g/mol. The average Bonchev–Trinajstić information content (AvgIpc) is 3.08. The van der Waals surface area contributed by atoms with Gasteiger partial charge in [0.15, 0.2) is 11.5 Å². The van der Waals surface area contributed by atoms with Crippen LogP contribution in [0.1, 0.15) is 0 Å². The molecule has 0 atom stereocenters. The fourth-order valence-electron chi connectivity index (χ4n) is 6.58. The van der Waals surface area contributed by atoms with Gasteiger partial charge in [0.05, 0.1) is 3.57 Å². The average molecular weight is 697 g/mol. The molecule has 0 fully saturated rings. The molecule has 8 aromatic rings. The molecule has 0 aromatic heterocycles. The standard InChI is InChI=1S/C40H25IO4/c41-36-35(37(42)39(44)40(45)38(36)43)28-17-18-31-32(21-28)34(27-16-14-23-8-2-4-10-25(23)20-27)30-12-6-5-11-29(30)33(31)26-15-13-22-7-1-3-9-24(22)19-26/h1-21,42-45H. The van der Waals surface area contributed by atoms with E-state index in [0.29, 0.717) is 5.56 Å². The van der Waals surface area contributed by atoms with Crippen molar-refractivity contribution in [3.05, 3.63) is 131 Å². The molecule has 0 aliphatic heterocycles. The molecule has 4 N–H and O–H groups in total. The van der Waals surface area contributed by atoms with Gasteiger partial charge in [-0.05, 0) is 112 Å². The second kappa shape index (κ2) is 10.4. The van der Waals surface area contributed by atoms with Crippen LogP contribution in [-0.2, 0) is 0 Å². The summed E-state index contributed by atoms with van der Waals surface area (Å²) < 4.78 is 0.238. The van der Waals surface area contributed by atoms with Crippen LogP contribution >= 0.6 is 22.6 Å². The van der Waals surface area contributed by atoms with Gasteiger partial charge in [-0.15, -0.1) is 0 Å². The molecule has 0 aliphatic carbocycles. The summed E-state index contributed by atoms with van der Waals surface area (Å²) in [6.07, 6.45) is 0. The molecule has 8 rings (SSSR count). The lowest BCUT2D eigenvalue weighted by Gasteiger charge is -2.20. The number of benzene rings is 8. The van der Waals surface area contributed by atoms with Crippen LogP contribution in [0.2, 0.25) is 0 Å². The van der Waals surface area contributed by atoms with E-state index in [0.717, 1.165) is 60.0 Å². The highest BCUT2D eigenvalue weighted by molar-refractivity contribution is 14.1. The number of hydrogen-bond donors (Lipinski definition) is 4. The molecule has 0 amide bonds. The second-order valence-electron chi connectivity index (χ2n) is 11.3. The Morgan fingerprint density at radius 1 is 0.333 bits per heavy atom. The van der Waals surface area contributed by atoms with E-state index in [4.69, 9.17) is 0 Å². The van der Waals surface area contributed by atoms with E-state index in [-0.39, 0.29) is 9.13 Å². The van der Waals surface area contributed by atoms with Crippen LogP contribution in [0.15, 0.2) is 127 Å². The predicted molar refractivity (Wildman–Crippen MR) is 192 cm³/mol. The van der Waals surface area contributed by atoms with Gasteiger partial charge < -0.3 is 20.4 Å². The quantitative estimate of drug-likeness (QED) is 0.0642. The highest BCUT2D eigenvalue weighted by atomic mass is 127. The smallest absolute Gasteiger partial charge is 0.205 e. The molecular weight excluding hydrogens is 671 g/mol. The largest absolute Gasteiger partial charge is 0.504 e. The number of hydrogen-bond acceptors (Lipinski definition) is 4. The molecule has 0 aliphatic rings. The summed E-state index contributed by atoms with van der Waals surface area (Å²) in [6.45, 7) is 0. The van der Waals surface area contributed by atoms with Crippen LogP contribution in [0.25, 0.3) is 76.5 Å². The highest BCUT2D eigenvalue weighted by Gasteiger charge is 2.24. The Kier molecular flexibility index (Phi) is 6.32. The minimum atomic E-state index is -0.756. The number of rotatable bonds is 3. The van der Waals surface area contributed by atoms with Gasteiger partial charge in [-0.25, -0.2) is 0 Å². The van der Waals surface area contributed by atoms with E-state index in [9.17, 15) is 20.4 Å². The summed E-state index contributed by atoms with van der Waals surface area (Å²) in [5.41, 5.74) is 5.11. The topological polar surface area (TPSA) is 80.9 Å². The van der Waals surface area contributed by atoms with Crippen molar-refractivity contribution in [2.45, 2.75) is 0 Å². The molecule has 4 nitrogen and oxygen atoms in total. The third kappa shape index (κ3) is 4.26. The van der Waals surface area contributed by atoms with E-state index in [1.807, 2.05) is 65.1 Å². The molecule has 216 valence electrons. The summed E-state index contributed by atoms with van der Waals surface area (Å²) in [7, 11) is 0. The molecule has 0 saturated carbocycles. The number of aromatic hydroxyl groups is 4.